The van der Waals surface area contributed by atoms with Crippen LogP contribution in [0.25, 0.3) is 0 Å². The standard InChI is InChI=1S/C11H12N4OS/c1-7-10(17-15-14-7)11(16)13-9-5-3-2-4-8(9)6-12/h2-5H,6,12H2,1H3,(H,13,16). The second-order valence-corrected chi connectivity index (χ2v) is 4.26. The van der Waals surface area contributed by atoms with Crippen LogP contribution in [0.1, 0.15) is 20.9 Å². The van der Waals surface area contributed by atoms with E-state index in [1.54, 1.807) is 6.92 Å². The van der Waals surface area contributed by atoms with Gasteiger partial charge in [0.2, 0.25) is 0 Å². The van der Waals surface area contributed by atoms with Crippen LogP contribution < -0.4 is 11.1 Å². The van der Waals surface area contributed by atoms with Crippen LogP contribution in [-0.2, 0) is 6.54 Å². The molecule has 5 nitrogen and oxygen atoms in total. The lowest BCUT2D eigenvalue weighted by Gasteiger charge is -2.08. The zero-order valence-corrected chi connectivity index (χ0v) is 10.1. The molecule has 0 unspecified atom stereocenters. The van der Waals surface area contributed by atoms with E-state index >= 15 is 0 Å². The monoisotopic (exact) mass is 248 g/mol. The van der Waals surface area contributed by atoms with E-state index in [2.05, 4.69) is 14.9 Å². The Bertz CT molecular complexity index is 538. The molecule has 1 aromatic carbocycles. The van der Waals surface area contributed by atoms with E-state index in [1.807, 2.05) is 24.3 Å². The Morgan fingerprint density at radius 1 is 1.47 bits per heavy atom. The lowest BCUT2D eigenvalue weighted by molar-refractivity contribution is 0.102. The third-order valence-corrected chi connectivity index (χ3v) is 3.17. The fraction of sp³-hybridized carbons (Fsp3) is 0.182. The lowest BCUT2D eigenvalue weighted by Crippen LogP contribution is -2.14. The molecular weight excluding hydrogens is 236 g/mol. The van der Waals surface area contributed by atoms with Crippen LogP contribution >= 0.6 is 11.5 Å². The van der Waals surface area contributed by atoms with Crippen LogP contribution in [0.15, 0.2) is 24.3 Å². The molecule has 0 bridgehead atoms. The number of anilines is 1. The van der Waals surface area contributed by atoms with Crippen LogP contribution in [0.5, 0.6) is 0 Å². The Labute approximate surface area is 103 Å². The van der Waals surface area contributed by atoms with Gasteiger partial charge >= 0.3 is 0 Å². The number of hydrogen-bond donors (Lipinski definition) is 2. The number of carbonyl (C=O) groups is 1. The number of amides is 1. The number of nitrogens with two attached hydrogens (primary N) is 1. The molecule has 0 atom stereocenters. The van der Waals surface area contributed by atoms with E-state index in [4.69, 9.17) is 5.73 Å². The Hall–Kier alpha value is -1.79. The summed E-state index contributed by atoms with van der Waals surface area (Å²) in [4.78, 5) is 12.5. The Balaban J connectivity index is 2.22. The number of nitrogens with zero attached hydrogens (tertiary/aromatic N) is 2. The van der Waals surface area contributed by atoms with Crippen LogP contribution in [0.4, 0.5) is 5.69 Å². The third-order valence-electron chi connectivity index (χ3n) is 2.34. The molecule has 1 aromatic heterocycles. The summed E-state index contributed by atoms with van der Waals surface area (Å²) >= 11 is 1.09. The van der Waals surface area contributed by atoms with Crippen molar-refractivity contribution in [1.29, 1.82) is 0 Å². The number of aryl methyl sites for hydroxylation is 1. The minimum Gasteiger partial charge on any atom is -0.326 e. The molecule has 3 N–H and O–H groups in total. The molecular formula is C11H12N4OS. The maximum absolute atomic E-state index is 11.9. The van der Waals surface area contributed by atoms with Crippen molar-refractivity contribution in [1.82, 2.24) is 9.59 Å². The number of benzene rings is 1. The predicted octanol–water partition coefficient (Wildman–Crippen LogP) is 1.56. The van der Waals surface area contributed by atoms with E-state index in [9.17, 15) is 4.79 Å². The molecule has 0 saturated carbocycles. The van der Waals surface area contributed by atoms with Gasteiger partial charge in [0.05, 0.1) is 5.69 Å². The van der Waals surface area contributed by atoms with Gasteiger partial charge < -0.3 is 11.1 Å². The quantitative estimate of drug-likeness (QED) is 0.863. The molecule has 2 aromatic rings. The van der Waals surface area contributed by atoms with Crippen molar-refractivity contribution in [2.24, 2.45) is 5.73 Å². The SMILES string of the molecule is Cc1nnsc1C(=O)Nc1ccccc1CN. The molecule has 88 valence electrons. The molecule has 0 saturated heterocycles. The summed E-state index contributed by atoms with van der Waals surface area (Å²) in [6, 6.07) is 7.45. The normalized spacial score (nSPS) is 10.2. The number of nitrogens with one attached hydrogen (secondary N) is 1. The second-order valence-electron chi connectivity index (χ2n) is 3.50. The average Bonchev–Trinajstić information content (AvgIpc) is 2.76. The van der Waals surface area contributed by atoms with Gasteiger partial charge in [-0.05, 0) is 30.1 Å². The van der Waals surface area contributed by atoms with Crippen molar-refractivity contribution in [3.8, 4) is 0 Å². The largest absolute Gasteiger partial charge is 0.326 e. The number of carbonyl (C=O) groups excluding carboxylic acids is 1. The number of para-hydroxylation sites is 1. The van der Waals surface area contributed by atoms with E-state index in [-0.39, 0.29) is 5.91 Å². The highest BCUT2D eigenvalue weighted by atomic mass is 32.1. The lowest BCUT2D eigenvalue weighted by atomic mass is 10.2. The van der Waals surface area contributed by atoms with E-state index in [1.165, 1.54) is 0 Å². The van der Waals surface area contributed by atoms with Gasteiger partial charge in [0, 0.05) is 12.2 Å². The summed E-state index contributed by atoms with van der Waals surface area (Å²) in [5.74, 6) is -0.196. The van der Waals surface area contributed by atoms with Gasteiger partial charge in [0.1, 0.15) is 4.88 Å². The van der Waals surface area contributed by atoms with Gasteiger partial charge in [-0.25, -0.2) is 0 Å². The fourth-order valence-corrected chi connectivity index (χ4v) is 1.99. The number of rotatable bonds is 3. The first kappa shape index (κ1) is 11.7. The molecule has 0 spiro atoms. The van der Waals surface area contributed by atoms with Crippen molar-refractivity contribution in [3.63, 3.8) is 0 Å². The summed E-state index contributed by atoms with van der Waals surface area (Å²) in [7, 11) is 0. The van der Waals surface area contributed by atoms with Crippen molar-refractivity contribution in [3.05, 3.63) is 40.4 Å². The molecule has 0 radical (unpaired) electrons. The molecule has 0 fully saturated rings. The number of aromatic nitrogens is 2. The van der Waals surface area contributed by atoms with Gasteiger partial charge in [-0.1, -0.05) is 22.7 Å². The number of hydrogen-bond acceptors (Lipinski definition) is 5. The smallest absolute Gasteiger partial charge is 0.269 e. The van der Waals surface area contributed by atoms with Gasteiger partial charge in [-0.2, -0.15) is 0 Å². The average molecular weight is 248 g/mol. The van der Waals surface area contributed by atoms with Gasteiger partial charge in [-0.15, -0.1) is 5.10 Å². The van der Waals surface area contributed by atoms with Crippen molar-refractivity contribution < 1.29 is 4.79 Å². The van der Waals surface area contributed by atoms with Crippen LogP contribution in [0, 0.1) is 6.92 Å². The van der Waals surface area contributed by atoms with E-state index in [0.29, 0.717) is 17.1 Å². The maximum atomic E-state index is 11.9. The molecule has 1 amide bonds. The predicted molar refractivity (Wildman–Crippen MR) is 66.9 cm³/mol. The fourth-order valence-electron chi connectivity index (χ4n) is 1.44. The van der Waals surface area contributed by atoms with Gasteiger partial charge in [-0.3, -0.25) is 4.79 Å². The van der Waals surface area contributed by atoms with Crippen LogP contribution in [0.2, 0.25) is 0 Å². The van der Waals surface area contributed by atoms with E-state index < -0.39 is 0 Å². The van der Waals surface area contributed by atoms with E-state index in [0.717, 1.165) is 22.8 Å². The highest BCUT2D eigenvalue weighted by Gasteiger charge is 2.14. The highest BCUT2D eigenvalue weighted by Crippen LogP contribution is 2.17. The Kier molecular flexibility index (Phi) is 3.46. The first-order chi connectivity index (χ1) is 8.22. The van der Waals surface area contributed by atoms with Gasteiger partial charge in [0.25, 0.3) is 5.91 Å². The minimum atomic E-state index is -0.196. The first-order valence-corrected chi connectivity index (χ1v) is 5.88. The third kappa shape index (κ3) is 2.48. The highest BCUT2D eigenvalue weighted by molar-refractivity contribution is 7.08. The first-order valence-electron chi connectivity index (χ1n) is 5.10. The van der Waals surface area contributed by atoms with Crippen LogP contribution in [-0.4, -0.2) is 15.5 Å². The summed E-state index contributed by atoms with van der Waals surface area (Å²) in [5, 5.41) is 6.62. The Morgan fingerprint density at radius 2 is 2.24 bits per heavy atom. The van der Waals surface area contributed by atoms with Crippen molar-refractivity contribution >= 4 is 23.1 Å². The zero-order valence-electron chi connectivity index (χ0n) is 9.30. The molecule has 6 heteroatoms. The minimum absolute atomic E-state index is 0.196. The Morgan fingerprint density at radius 3 is 2.88 bits per heavy atom. The molecule has 2 rings (SSSR count). The molecule has 0 aliphatic heterocycles. The topological polar surface area (TPSA) is 80.9 Å². The van der Waals surface area contributed by atoms with Crippen molar-refractivity contribution in [2.45, 2.75) is 13.5 Å². The summed E-state index contributed by atoms with van der Waals surface area (Å²) in [6.07, 6.45) is 0. The maximum Gasteiger partial charge on any atom is 0.269 e. The molecule has 1 heterocycles. The van der Waals surface area contributed by atoms with Crippen molar-refractivity contribution in [2.75, 3.05) is 5.32 Å². The second kappa shape index (κ2) is 5.03. The summed E-state index contributed by atoms with van der Waals surface area (Å²) in [5.41, 5.74) is 7.87. The summed E-state index contributed by atoms with van der Waals surface area (Å²) < 4.78 is 3.73. The molecule has 17 heavy (non-hydrogen) atoms. The van der Waals surface area contributed by atoms with Gasteiger partial charge in [0.15, 0.2) is 0 Å². The summed E-state index contributed by atoms with van der Waals surface area (Å²) in [6.45, 7) is 2.14. The van der Waals surface area contributed by atoms with Crippen LogP contribution in [0.3, 0.4) is 0 Å². The molecule has 0 aliphatic rings. The molecule has 0 aliphatic carbocycles. The zero-order chi connectivity index (χ0) is 12.3.